The SMILES string of the molecule is COC(C)(C)CNC(=O)c1c(F)ccc([N+](=O)[O-])c1F. The monoisotopic (exact) mass is 288 g/mol. The predicted molar refractivity (Wildman–Crippen MR) is 66.4 cm³/mol. The molecule has 0 atom stereocenters. The normalized spacial score (nSPS) is 11.2. The Balaban J connectivity index is 3.04. The Morgan fingerprint density at radius 3 is 2.55 bits per heavy atom. The number of hydrogen-bond donors (Lipinski definition) is 1. The summed E-state index contributed by atoms with van der Waals surface area (Å²) in [5.41, 5.74) is -2.67. The molecule has 0 unspecified atom stereocenters. The van der Waals surface area contributed by atoms with Crippen molar-refractivity contribution >= 4 is 11.6 Å². The Morgan fingerprint density at radius 2 is 2.05 bits per heavy atom. The number of amides is 1. The number of ether oxygens (including phenoxy) is 1. The van der Waals surface area contributed by atoms with E-state index < -0.39 is 39.3 Å². The van der Waals surface area contributed by atoms with E-state index in [1.54, 1.807) is 13.8 Å². The molecule has 0 heterocycles. The van der Waals surface area contributed by atoms with E-state index in [0.717, 1.165) is 0 Å². The van der Waals surface area contributed by atoms with Crippen LogP contribution in [0.2, 0.25) is 0 Å². The van der Waals surface area contributed by atoms with E-state index in [2.05, 4.69) is 5.32 Å². The standard InChI is InChI=1S/C12H14F2N2O4/c1-12(2,20-3)6-15-11(17)9-7(13)4-5-8(10(9)14)16(18)19/h4-5H,6H2,1-3H3,(H,15,17). The molecular weight excluding hydrogens is 274 g/mol. The summed E-state index contributed by atoms with van der Waals surface area (Å²) in [5, 5.41) is 12.8. The van der Waals surface area contributed by atoms with Crippen molar-refractivity contribution in [3.63, 3.8) is 0 Å². The summed E-state index contributed by atoms with van der Waals surface area (Å²) in [6.07, 6.45) is 0. The summed E-state index contributed by atoms with van der Waals surface area (Å²) in [5.74, 6) is -3.74. The van der Waals surface area contributed by atoms with E-state index in [1.165, 1.54) is 7.11 Å². The number of nitro benzene ring substituents is 1. The highest BCUT2D eigenvalue weighted by Gasteiger charge is 2.27. The second-order valence-electron chi connectivity index (χ2n) is 4.66. The van der Waals surface area contributed by atoms with E-state index >= 15 is 0 Å². The molecule has 0 bridgehead atoms. The van der Waals surface area contributed by atoms with Gasteiger partial charge in [-0.3, -0.25) is 14.9 Å². The molecule has 1 aromatic rings. The highest BCUT2D eigenvalue weighted by Crippen LogP contribution is 2.23. The fraction of sp³-hybridized carbons (Fsp3) is 0.417. The maximum Gasteiger partial charge on any atom is 0.305 e. The minimum absolute atomic E-state index is 0.0100. The molecule has 1 aromatic carbocycles. The molecule has 0 spiro atoms. The van der Waals surface area contributed by atoms with Crippen LogP contribution in [0.5, 0.6) is 0 Å². The number of nitro groups is 1. The number of benzene rings is 1. The van der Waals surface area contributed by atoms with Crippen LogP contribution in [0.25, 0.3) is 0 Å². The average molecular weight is 288 g/mol. The van der Waals surface area contributed by atoms with Crippen molar-refractivity contribution in [1.29, 1.82) is 0 Å². The van der Waals surface area contributed by atoms with Gasteiger partial charge in [-0.25, -0.2) is 4.39 Å². The fourth-order valence-electron chi connectivity index (χ4n) is 1.34. The molecule has 0 aromatic heterocycles. The van der Waals surface area contributed by atoms with Crippen LogP contribution in [0.4, 0.5) is 14.5 Å². The molecule has 0 fully saturated rings. The van der Waals surface area contributed by atoms with Crippen LogP contribution >= 0.6 is 0 Å². The van der Waals surface area contributed by atoms with E-state index in [1.807, 2.05) is 0 Å². The van der Waals surface area contributed by atoms with Gasteiger partial charge in [-0.15, -0.1) is 0 Å². The molecule has 0 saturated carbocycles. The van der Waals surface area contributed by atoms with Gasteiger partial charge in [0.15, 0.2) is 0 Å². The van der Waals surface area contributed by atoms with Crippen LogP contribution in [-0.4, -0.2) is 30.1 Å². The fourth-order valence-corrected chi connectivity index (χ4v) is 1.34. The molecule has 0 aliphatic rings. The van der Waals surface area contributed by atoms with Crippen molar-refractivity contribution in [2.45, 2.75) is 19.4 Å². The first-order valence-electron chi connectivity index (χ1n) is 5.65. The number of halogens is 2. The van der Waals surface area contributed by atoms with Gasteiger partial charge in [-0.1, -0.05) is 0 Å². The summed E-state index contributed by atoms with van der Waals surface area (Å²) >= 11 is 0. The molecular formula is C12H14F2N2O4. The van der Waals surface area contributed by atoms with Gasteiger partial charge in [-0.05, 0) is 19.9 Å². The van der Waals surface area contributed by atoms with Crippen LogP contribution in [0, 0.1) is 21.7 Å². The molecule has 8 heteroatoms. The van der Waals surface area contributed by atoms with Gasteiger partial charge >= 0.3 is 5.69 Å². The third-order valence-electron chi connectivity index (χ3n) is 2.72. The molecule has 1 amide bonds. The zero-order valence-electron chi connectivity index (χ0n) is 11.2. The number of carbonyl (C=O) groups excluding carboxylic acids is 1. The minimum atomic E-state index is -1.50. The predicted octanol–water partition coefficient (Wildman–Crippen LogP) is 2.03. The minimum Gasteiger partial charge on any atom is -0.377 e. The summed E-state index contributed by atoms with van der Waals surface area (Å²) in [4.78, 5) is 21.3. The van der Waals surface area contributed by atoms with Crippen molar-refractivity contribution < 1.29 is 23.2 Å². The second-order valence-corrected chi connectivity index (χ2v) is 4.66. The lowest BCUT2D eigenvalue weighted by Gasteiger charge is -2.23. The lowest BCUT2D eigenvalue weighted by Crippen LogP contribution is -2.40. The summed E-state index contributed by atoms with van der Waals surface area (Å²) in [6.45, 7) is 3.31. The maximum atomic E-state index is 13.8. The molecule has 20 heavy (non-hydrogen) atoms. The van der Waals surface area contributed by atoms with Crippen LogP contribution in [0.3, 0.4) is 0 Å². The van der Waals surface area contributed by atoms with E-state index in [-0.39, 0.29) is 6.54 Å². The van der Waals surface area contributed by atoms with Gasteiger partial charge in [0.05, 0.1) is 10.5 Å². The topological polar surface area (TPSA) is 81.5 Å². The molecule has 1 rings (SSSR count). The first-order chi connectivity index (χ1) is 9.19. The molecule has 0 saturated heterocycles. The number of rotatable bonds is 5. The smallest absolute Gasteiger partial charge is 0.305 e. The molecule has 0 aliphatic carbocycles. The van der Waals surface area contributed by atoms with Crippen LogP contribution in [0.15, 0.2) is 12.1 Å². The van der Waals surface area contributed by atoms with Crippen molar-refractivity contribution in [3.05, 3.63) is 39.4 Å². The Morgan fingerprint density at radius 1 is 1.45 bits per heavy atom. The highest BCUT2D eigenvalue weighted by atomic mass is 19.1. The van der Waals surface area contributed by atoms with Crippen molar-refractivity contribution in [2.75, 3.05) is 13.7 Å². The highest BCUT2D eigenvalue weighted by molar-refractivity contribution is 5.95. The maximum absolute atomic E-state index is 13.8. The molecule has 6 nitrogen and oxygen atoms in total. The van der Waals surface area contributed by atoms with Gasteiger partial charge in [0.2, 0.25) is 5.82 Å². The third-order valence-corrected chi connectivity index (χ3v) is 2.72. The Bertz CT molecular complexity index is 547. The van der Waals surface area contributed by atoms with Gasteiger partial charge in [0, 0.05) is 19.7 Å². The first-order valence-corrected chi connectivity index (χ1v) is 5.65. The third kappa shape index (κ3) is 3.47. The first kappa shape index (κ1) is 16.0. The number of hydrogen-bond acceptors (Lipinski definition) is 4. The number of methoxy groups -OCH3 is 1. The summed E-state index contributed by atoms with van der Waals surface area (Å²) in [6, 6.07) is 1.35. The summed E-state index contributed by atoms with van der Waals surface area (Å²) < 4.78 is 32.3. The molecule has 0 aliphatic heterocycles. The van der Waals surface area contributed by atoms with Crippen molar-refractivity contribution in [2.24, 2.45) is 0 Å². The average Bonchev–Trinajstić information content (AvgIpc) is 2.36. The van der Waals surface area contributed by atoms with Gasteiger partial charge in [0.1, 0.15) is 11.4 Å². The van der Waals surface area contributed by atoms with Gasteiger partial charge < -0.3 is 10.1 Å². The molecule has 1 N–H and O–H groups in total. The lowest BCUT2D eigenvalue weighted by atomic mass is 10.1. The number of nitrogens with zero attached hydrogens (tertiary/aromatic N) is 1. The zero-order chi connectivity index (χ0) is 15.5. The molecule has 0 radical (unpaired) electrons. The van der Waals surface area contributed by atoms with Crippen LogP contribution < -0.4 is 5.32 Å². The van der Waals surface area contributed by atoms with Crippen LogP contribution in [0.1, 0.15) is 24.2 Å². The van der Waals surface area contributed by atoms with Crippen LogP contribution in [-0.2, 0) is 4.74 Å². The second kappa shape index (κ2) is 5.91. The van der Waals surface area contributed by atoms with Crippen molar-refractivity contribution in [1.82, 2.24) is 5.32 Å². The molecule has 110 valence electrons. The quantitative estimate of drug-likeness (QED) is 0.664. The number of carbonyl (C=O) groups is 1. The van der Waals surface area contributed by atoms with Gasteiger partial charge in [-0.2, -0.15) is 4.39 Å². The number of nitrogens with one attached hydrogen (secondary N) is 1. The Kier molecular flexibility index (Phi) is 4.72. The zero-order valence-corrected chi connectivity index (χ0v) is 11.2. The largest absolute Gasteiger partial charge is 0.377 e. The lowest BCUT2D eigenvalue weighted by molar-refractivity contribution is -0.387. The van der Waals surface area contributed by atoms with E-state index in [9.17, 15) is 23.7 Å². The van der Waals surface area contributed by atoms with Gasteiger partial charge in [0.25, 0.3) is 5.91 Å². The van der Waals surface area contributed by atoms with E-state index in [0.29, 0.717) is 12.1 Å². The Hall–Kier alpha value is -2.09. The van der Waals surface area contributed by atoms with E-state index in [4.69, 9.17) is 4.74 Å². The Labute approximate surface area is 113 Å². The summed E-state index contributed by atoms with van der Waals surface area (Å²) in [7, 11) is 1.42. The van der Waals surface area contributed by atoms with Crippen molar-refractivity contribution in [3.8, 4) is 0 Å².